The third kappa shape index (κ3) is 5.48. The molecular weight excluding hydrogens is 384 g/mol. The number of benzene rings is 2. The van der Waals surface area contributed by atoms with Crippen LogP contribution in [-0.4, -0.2) is 29.0 Å². The largest absolute Gasteiger partial charge is 0.341 e. The van der Waals surface area contributed by atoms with Crippen molar-refractivity contribution in [1.82, 2.24) is 9.97 Å². The molecule has 1 aliphatic heterocycles. The number of nitrogens with one attached hydrogen (secondary N) is 1. The fraction of sp³-hybridized carbons (Fsp3) is 0.346. The number of rotatable bonds is 7. The van der Waals surface area contributed by atoms with Gasteiger partial charge < -0.3 is 10.2 Å². The van der Waals surface area contributed by atoms with E-state index in [-0.39, 0.29) is 5.91 Å². The second-order valence-corrected chi connectivity index (χ2v) is 8.15. The highest BCUT2D eigenvalue weighted by molar-refractivity contribution is 6.04. The predicted octanol–water partition coefficient (Wildman–Crippen LogP) is 5.73. The van der Waals surface area contributed by atoms with Crippen LogP contribution in [0.2, 0.25) is 0 Å². The van der Waals surface area contributed by atoms with Crippen LogP contribution in [-0.2, 0) is 6.42 Å². The zero-order valence-corrected chi connectivity index (χ0v) is 18.2. The molecule has 0 spiro atoms. The first-order valence-electron chi connectivity index (χ1n) is 11.3. The van der Waals surface area contributed by atoms with Crippen molar-refractivity contribution in [1.29, 1.82) is 0 Å². The molecule has 31 heavy (non-hydrogen) atoms. The Kier molecular flexibility index (Phi) is 6.92. The van der Waals surface area contributed by atoms with Gasteiger partial charge in [0.2, 0.25) is 5.95 Å². The van der Waals surface area contributed by atoms with Crippen molar-refractivity contribution in [3.8, 4) is 11.1 Å². The summed E-state index contributed by atoms with van der Waals surface area (Å²) in [5.74, 6) is 0.675. The van der Waals surface area contributed by atoms with Crippen LogP contribution in [0.3, 0.4) is 0 Å². The minimum absolute atomic E-state index is 0.117. The van der Waals surface area contributed by atoms with E-state index in [1.807, 2.05) is 48.8 Å². The van der Waals surface area contributed by atoms with Gasteiger partial charge in [0.1, 0.15) is 0 Å². The van der Waals surface area contributed by atoms with Crippen molar-refractivity contribution in [2.45, 2.75) is 45.4 Å². The molecule has 1 fully saturated rings. The van der Waals surface area contributed by atoms with Crippen molar-refractivity contribution in [2.75, 3.05) is 23.3 Å². The lowest BCUT2D eigenvalue weighted by Crippen LogP contribution is -2.30. The van der Waals surface area contributed by atoms with E-state index < -0.39 is 0 Å². The maximum absolute atomic E-state index is 12.8. The third-order valence-corrected chi connectivity index (χ3v) is 5.77. The minimum atomic E-state index is -0.117. The lowest BCUT2D eigenvalue weighted by molar-refractivity contribution is 0.102. The van der Waals surface area contributed by atoms with Crippen molar-refractivity contribution >= 4 is 17.5 Å². The van der Waals surface area contributed by atoms with Crippen LogP contribution in [0.5, 0.6) is 0 Å². The average Bonchev–Trinajstić information content (AvgIpc) is 2.84. The van der Waals surface area contributed by atoms with Gasteiger partial charge >= 0.3 is 0 Å². The van der Waals surface area contributed by atoms with Crippen LogP contribution in [0.1, 0.15) is 54.9 Å². The molecule has 0 atom stereocenters. The number of amides is 1. The zero-order chi connectivity index (χ0) is 21.5. The van der Waals surface area contributed by atoms with Gasteiger partial charge in [0.15, 0.2) is 0 Å². The summed E-state index contributed by atoms with van der Waals surface area (Å²) in [6, 6.07) is 15.7. The molecule has 1 saturated heterocycles. The molecule has 5 heteroatoms. The van der Waals surface area contributed by atoms with E-state index in [0.717, 1.165) is 42.3 Å². The van der Waals surface area contributed by atoms with Gasteiger partial charge in [0, 0.05) is 42.3 Å². The van der Waals surface area contributed by atoms with Crippen LogP contribution < -0.4 is 10.2 Å². The highest BCUT2D eigenvalue weighted by Crippen LogP contribution is 2.22. The Hall–Kier alpha value is -3.21. The monoisotopic (exact) mass is 414 g/mol. The Labute approximate surface area is 184 Å². The van der Waals surface area contributed by atoms with E-state index in [2.05, 4.69) is 39.2 Å². The number of piperidine rings is 1. The second kappa shape index (κ2) is 10.2. The number of carbonyl (C=O) groups excluding carboxylic acids is 1. The standard InChI is InChI=1S/C26H30N4O/c1-2-3-8-20-11-13-24(14-12-20)29-25(31)22-10-7-9-21(17-22)23-18-27-26(28-19-23)30-15-5-4-6-16-30/h7,9-14,17-19H,2-6,8,15-16H2,1H3,(H,29,31). The summed E-state index contributed by atoms with van der Waals surface area (Å²) in [5.41, 5.74) is 4.58. The Morgan fingerprint density at radius 1 is 0.968 bits per heavy atom. The molecule has 0 unspecified atom stereocenters. The number of unbranched alkanes of at least 4 members (excludes halogenated alkanes) is 1. The quantitative estimate of drug-likeness (QED) is 0.536. The van der Waals surface area contributed by atoms with Gasteiger partial charge in [-0.05, 0) is 67.5 Å². The van der Waals surface area contributed by atoms with Gasteiger partial charge in [-0.25, -0.2) is 9.97 Å². The maximum Gasteiger partial charge on any atom is 0.255 e. The zero-order valence-electron chi connectivity index (χ0n) is 18.2. The van der Waals surface area contributed by atoms with E-state index >= 15 is 0 Å². The number of aryl methyl sites for hydroxylation is 1. The number of anilines is 2. The SMILES string of the molecule is CCCCc1ccc(NC(=O)c2cccc(-c3cnc(N4CCCCC4)nc3)c2)cc1. The normalized spacial score (nSPS) is 13.8. The summed E-state index contributed by atoms with van der Waals surface area (Å²) >= 11 is 0. The molecule has 0 radical (unpaired) electrons. The highest BCUT2D eigenvalue weighted by Gasteiger charge is 2.14. The maximum atomic E-state index is 12.8. The number of hydrogen-bond donors (Lipinski definition) is 1. The van der Waals surface area contributed by atoms with E-state index in [9.17, 15) is 4.79 Å². The molecule has 2 aromatic carbocycles. The molecule has 5 nitrogen and oxygen atoms in total. The summed E-state index contributed by atoms with van der Waals surface area (Å²) in [4.78, 5) is 24.1. The Morgan fingerprint density at radius 2 is 1.71 bits per heavy atom. The van der Waals surface area contributed by atoms with Gasteiger partial charge in [-0.3, -0.25) is 4.79 Å². The molecule has 1 N–H and O–H groups in total. The fourth-order valence-corrected chi connectivity index (χ4v) is 3.91. The molecule has 0 saturated carbocycles. The number of carbonyl (C=O) groups is 1. The predicted molar refractivity (Wildman–Crippen MR) is 127 cm³/mol. The number of hydrogen-bond acceptors (Lipinski definition) is 4. The lowest BCUT2D eigenvalue weighted by atomic mass is 10.1. The smallest absolute Gasteiger partial charge is 0.255 e. The van der Waals surface area contributed by atoms with Crippen molar-refractivity contribution < 1.29 is 4.79 Å². The van der Waals surface area contributed by atoms with Gasteiger partial charge in [0.05, 0.1) is 0 Å². The van der Waals surface area contributed by atoms with Crippen molar-refractivity contribution in [3.05, 3.63) is 72.1 Å². The van der Waals surface area contributed by atoms with Crippen LogP contribution >= 0.6 is 0 Å². The summed E-state index contributed by atoms with van der Waals surface area (Å²) < 4.78 is 0. The second-order valence-electron chi connectivity index (χ2n) is 8.15. The molecule has 3 aromatic rings. The minimum Gasteiger partial charge on any atom is -0.341 e. The van der Waals surface area contributed by atoms with E-state index in [0.29, 0.717) is 5.56 Å². The molecule has 1 aliphatic rings. The van der Waals surface area contributed by atoms with Gasteiger partial charge in [-0.15, -0.1) is 0 Å². The first-order valence-corrected chi connectivity index (χ1v) is 11.3. The summed E-state index contributed by atoms with van der Waals surface area (Å²) in [6.45, 7) is 4.24. The van der Waals surface area contributed by atoms with Gasteiger partial charge in [-0.2, -0.15) is 0 Å². The molecular formula is C26H30N4O. The summed E-state index contributed by atoms with van der Waals surface area (Å²) in [5, 5.41) is 3.00. The molecule has 0 bridgehead atoms. The van der Waals surface area contributed by atoms with Gasteiger partial charge in [-0.1, -0.05) is 37.6 Å². The number of nitrogens with zero attached hydrogens (tertiary/aromatic N) is 3. The first kappa shape index (κ1) is 21.0. The molecule has 4 rings (SSSR count). The van der Waals surface area contributed by atoms with Crippen molar-refractivity contribution in [3.63, 3.8) is 0 Å². The summed E-state index contributed by atoms with van der Waals surface area (Å²) in [7, 11) is 0. The van der Waals surface area contributed by atoms with E-state index in [4.69, 9.17) is 0 Å². The van der Waals surface area contributed by atoms with Crippen LogP contribution in [0.15, 0.2) is 60.9 Å². The van der Waals surface area contributed by atoms with Gasteiger partial charge in [0.25, 0.3) is 5.91 Å². The topological polar surface area (TPSA) is 58.1 Å². The molecule has 1 aromatic heterocycles. The van der Waals surface area contributed by atoms with Crippen LogP contribution in [0, 0.1) is 0 Å². The van der Waals surface area contributed by atoms with Crippen LogP contribution in [0.25, 0.3) is 11.1 Å². The molecule has 0 aliphatic carbocycles. The van der Waals surface area contributed by atoms with E-state index in [1.165, 1.54) is 37.7 Å². The Morgan fingerprint density at radius 3 is 2.42 bits per heavy atom. The molecule has 2 heterocycles. The van der Waals surface area contributed by atoms with Crippen LogP contribution in [0.4, 0.5) is 11.6 Å². The summed E-state index contributed by atoms with van der Waals surface area (Å²) in [6.07, 6.45) is 10.8. The lowest BCUT2D eigenvalue weighted by Gasteiger charge is -2.26. The number of aromatic nitrogens is 2. The molecule has 160 valence electrons. The van der Waals surface area contributed by atoms with Crippen molar-refractivity contribution in [2.24, 2.45) is 0 Å². The highest BCUT2D eigenvalue weighted by atomic mass is 16.1. The molecule has 1 amide bonds. The first-order chi connectivity index (χ1) is 15.2. The average molecular weight is 415 g/mol. The fourth-order valence-electron chi connectivity index (χ4n) is 3.91. The Bertz CT molecular complexity index is 993. The third-order valence-electron chi connectivity index (χ3n) is 5.77. The Balaban J connectivity index is 1.43. The van der Waals surface area contributed by atoms with E-state index in [1.54, 1.807) is 0 Å².